The Morgan fingerprint density at radius 3 is 2.20 bits per heavy atom. The predicted octanol–water partition coefficient (Wildman–Crippen LogP) is 2.06. The first-order valence-corrected chi connectivity index (χ1v) is 7.82. The van der Waals surface area contributed by atoms with Crippen LogP contribution >= 0.6 is 0 Å². The second-order valence-electron chi connectivity index (χ2n) is 4.56. The number of hydrogen-bond acceptors (Lipinski definition) is 4. The number of nitrogens with zero attached hydrogens (tertiary/aromatic N) is 1. The number of benzene rings is 1. The first-order chi connectivity index (χ1) is 9.05. The van der Waals surface area contributed by atoms with Gasteiger partial charge in [0.15, 0.2) is 0 Å². The topological polar surface area (TPSA) is 46.6 Å². The molecule has 0 amide bonds. The lowest BCUT2D eigenvalue weighted by atomic mass is 10.2. The summed E-state index contributed by atoms with van der Waals surface area (Å²) in [6, 6.07) is 5.48. The Morgan fingerprint density at radius 1 is 1.20 bits per heavy atom. The number of rotatable bonds is 6. The molecule has 0 N–H and O–H groups in total. The van der Waals surface area contributed by atoms with E-state index in [1.807, 2.05) is 0 Å². The van der Waals surface area contributed by atoms with Crippen molar-refractivity contribution < 1.29 is 26.3 Å². The summed E-state index contributed by atoms with van der Waals surface area (Å²) >= 11 is 0. The van der Waals surface area contributed by atoms with Gasteiger partial charge in [0.1, 0.15) is 15.6 Å². The van der Waals surface area contributed by atoms with Gasteiger partial charge in [-0.1, -0.05) is 12.1 Å². The molecule has 0 radical (unpaired) electrons. The SMILES string of the molecule is CN(CCS(C)(=O)=O)Cc1ccc(OC(F)(F)F)cc1. The zero-order valence-corrected chi connectivity index (χ0v) is 12.0. The van der Waals surface area contributed by atoms with Crippen LogP contribution in [0.15, 0.2) is 24.3 Å². The molecule has 0 saturated carbocycles. The maximum atomic E-state index is 12.0. The molecule has 0 aromatic heterocycles. The minimum atomic E-state index is -4.70. The Bertz CT molecular complexity index is 526. The van der Waals surface area contributed by atoms with E-state index in [0.29, 0.717) is 13.1 Å². The van der Waals surface area contributed by atoms with Crippen LogP contribution in [0.2, 0.25) is 0 Å². The summed E-state index contributed by atoms with van der Waals surface area (Å²) in [5.74, 6) is -0.237. The third-order valence-corrected chi connectivity index (χ3v) is 3.38. The molecule has 8 heteroatoms. The van der Waals surface area contributed by atoms with Crippen LogP contribution in [0.5, 0.6) is 5.75 Å². The van der Waals surface area contributed by atoms with Crippen molar-refractivity contribution in [1.82, 2.24) is 4.90 Å². The van der Waals surface area contributed by atoms with Crippen LogP contribution in [-0.2, 0) is 16.4 Å². The normalized spacial score (nSPS) is 12.7. The molecule has 0 aliphatic rings. The largest absolute Gasteiger partial charge is 0.573 e. The van der Waals surface area contributed by atoms with Crippen molar-refractivity contribution in [2.75, 3.05) is 25.6 Å². The maximum absolute atomic E-state index is 12.0. The summed E-state index contributed by atoms with van der Waals surface area (Å²) in [6.45, 7) is 0.807. The van der Waals surface area contributed by atoms with Gasteiger partial charge in [0.05, 0.1) is 5.75 Å². The molecule has 4 nitrogen and oxygen atoms in total. The minimum absolute atomic E-state index is 0.0404. The fraction of sp³-hybridized carbons (Fsp3) is 0.500. The maximum Gasteiger partial charge on any atom is 0.573 e. The van der Waals surface area contributed by atoms with Crippen LogP contribution in [0, 0.1) is 0 Å². The molecule has 1 rings (SSSR count). The summed E-state index contributed by atoms with van der Waals surface area (Å²) in [5, 5.41) is 0. The number of halogens is 3. The van der Waals surface area contributed by atoms with Crippen molar-refractivity contribution in [3.8, 4) is 5.75 Å². The lowest BCUT2D eigenvalue weighted by molar-refractivity contribution is -0.274. The molecule has 0 aliphatic heterocycles. The summed E-state index contributed by atoms with van der Waals surface area (Å²) < 4.78 is 61.7. The predicted molar refractivity (Wildman–Crippen MR) is 69.2 cm³/mol. The van der Waals surface area contributed by atoms with E-state index < -0.39 is 16.2 Å². The van der Waals surface area contributed by atoms with E-state index in [4.69, 9.17) is 0 Å². The van der Waals surface area contributed by atoms with Crippen molar-refractivity contribution in [1.29, 1.82) is 0 Å². The molecular formula is C12H16F3NO3S. The fourth-order valence-corrected chi connectivity index (χ4v) is 2.15. The molecule has 114 valence electrons. The summed E-state index contributed by atoms with van der Waals surface area (Å²) in [6.07, 6.45) is -3.54. The van der Waals surface area contributed by atoms with Gasteiger partial charge >= 0.3 is 6.36 Å². The lowest BCUT2D eigenvalue weighted by Crippen LogP contribution is -2.24. The van der Waals surface area contributed by atoms with Crippen molar-refractivity contribution in [2.24, 2.45) is 0 Å². The molecule has 0 unspecified atom stereocenters. The van der Waals surface area contributed by atoms with Crippen LogP contribution in [0.25, 0.3) is 0 Å². The highest BCUT2D eigenvalue weighted by Gasteiger charge is 2.30. The number of hydrogen-bond donors (Lipinski definition) is 0. The Hall–Kier alpha value is -1.28. The van der Waals surface area contributed by atoms with Crippen LogP contribution in [0.4, 0.5) is 13.2 Å². The van der Waals surface area contributed by atoms with Gasteiger partial charge in [-0.3, -0.25) is 0 Å². The van der Waals surface area contributed by atoms with E-state index in [1.165, 1.54) is 24.3 Å². The van der Waals surface area contributed by atoms with Crippen LogP contribution in [0.1, 0.15) is 5.56 Å². The molecule has 0 atom stereocenters. The zero-order valence-electron chi connectivity index (χ0n) is 11.1. The van der Waals surface area contributed by atoms with Gasteiger partial charge in [0, 0.05) is 19.3 Å². The van der Waals surface area contributed by atoms with Gasteiger partial charge in [-0.05, 0) is 24.7 Å². The monoisotopic (exact) mass is 311 g/mol. The molecule has 1 aromatic rings. The van der Waals surface area contributed by atoms with Crippen LogP contribution in [-0.4, -0.2) is 45.3 Å². The lowest BCUT2D eigenvalue weighted by Gasteiger charge is -2.16. The van der Waals surface area contributed by atoms with Crippen molar-refractivity contribution in [3.05, 3.63) is 29.8 Å². The van der Waals surface area contributed by atoms with Gasteiger partial charge in [-0.25, -0.2) is 8.42 Å². The van der Waals surface area contributed by atoms with Gasteiger partial charge in [0.25, 0.3) is 0 Å². The Kier molecular flexibility index (Phi) is 5.41. The molecule has 1 aromatic carbocycles. The van der Waals surface area contributed by atoms with E-state index in [2.05, 4.69) is 4.74 Å². The first-order valence-electron chi connectivity index (χ1n) is 5.76. The second kappa shape index (κ2) is 6.45. The van der Waals surface area contributed by atoms with E-state index >= 15 is 0 Å². The molecule has 0 heterocycles. The van der Waals surface area contributed by atoms with Gasteiger partial charge in [-0.2, -0.15) is 0 Å². The van der Waals surface area contributed by atoms with Crippen LogP contribution in [0.3, 0.4) is 0 Å². The average molecular weight is 311 g/mol. The molecule has 0 aliphatic carbocycles. The second-order valence-corrected chi connectivity index (χ2v) is 6.82. The zero-order chi connectivity index (χ0) is 15.4. The number of alkyl halides is 3. The van der Waals surface area contributed by atoms with Gasteiger partial charge in [-0.15, -0.1) is 13.2 Å². The van der Waals surface area contributed by atoms with E-state index in [0.717, 1.165) is 11.8 Å². The number of ether oxygens (including phenoxy) is 1. The summed E-state index contributed by atoms with van der Waals surface area (Å²) in [5.41, 5.74) is 0.774. The Balaban J connectivity index is 2.53. The standard InChI is InChI=1S/C12H16F3NO3S/c1-16(7-8-20(2,17)18)9-10-3-5-11(6-4-10)19-12(13,14)15/h3-6H,7-9H2,1-2H3. The minimum Gasteiger partial charge on any atom is -0.406 e. The highest BCUT2D eigenvalue weighted by Crippen LogP contribution is 2.22. The third kappa shape index (κ3) is 7.34. The molecule has 20 heavy (non-hydrogen) atoms. The Labute approximate surface area is 116 Å². The van der Waals surface area contributed by atoms with E-state index in [9.17, 15) is 21.6 Å². The van der Waals surface area contributed by atoms with Crippen molar-refractivity contribution >= 4 is 9.84 Å². The molecule has 0 saturated heterocycles. The summed E-state index contributed by atoms with van der Waals surface area (Å²) in [7, 11) is -1.28. The highest BCUT2D eigenvalue weighted by atomic mass is 32.2. The van der Waals surface area contributed by atoms with Crippen molar-refractivity contribution in [3.63, 3.8) is 0 Å². The fourth-order valence-electron chi connectivity index (χ4n) is 1.51. The quantitative estimate of drug-likeness (QED) is 0.807. The summed E-state index contributed by atoms with van der Waals surface area (Å²) in [4.78, 5) is 1.78. The van der Waals surface area contributed by atoms with Crippen LogP contribution < -0.4 is 4.74 Å². The molecule has 0 fully saturated rings. The third-order valence-electron chi connectivity index (χ3n) is 2.45. The Morgan fingerprint density at radius 2 is 1.75 bits per heavy atom. The van der Waals surface area contributed by atoms with E-state index in [1.54, 1.807) is 11.9 Å². The van der Waals surface area contributed by atoms with Gasteiger partial charge in [0.2, 0.25) is 0 Å². The molecule has 0 spiro atoms. The number of sulfone groups is 1. The first kappa shape index (κ1) is 16.8. The smallest absolute Gasteiger partial charge is 0.406 e. The molecule has 0 bridgehead atoms. The average Bonchev–Trinajstić information content (AvgIpc) is 2.26. The van der Waals surface area contributed by atoms with Crippen molar-refractivity contribution in [2.45, 2.75) is 12.9 Å². The molecular weight excluding hydrogens is 295 g/mol. The van der Waals surface area contributed by atoms with Gasteiger partial charge < -0.3 is 9.64 Å². The highest BCUT2D eigenvalue weighted by molar-refractivity contribution is 7.90. The van der Waals surface area contributed by atoms with E-state index in [-0.39, 0.29) is 11.5 Å².